The van der Waals surface area contributed by atoms with Crippen molar-refractivity contribution in [2.45, 2.75) is 52.6 Å². The number of aliphatic carboxylic acids is 1. The Morgan fingerprint density at radius 2 is 1.91 bits per heavy atom. The van der Waals surface area contributed by atoms with Gasteiger partial charge in [-0.15, -0.1) is 0 Å². The van der Waals surface area contributed by atoms with Gasteiger partial charge in [0, 0.05) is 36.1 Å². The van der Waals surface area contributed by atoms with Crippen molar-refractivity contribution in [2.24, 2.45) is 5.41 Å². The number of nitrogens with zero attached hydrogens (tertiary/aromatic N) is 2. The number of rotatable bonds is 7. The van der Waals surface area contributed by atoms with E-state index in [0.29, 0.717) is 38.9 Å². The third-order valence-corrected chi connectivity index (χ3v) is 6.52. The number of halogens is 1. The van der Waals surface area contributed by atoms with E-state index in [4.69, 9.17) is 0 Å². The van der Waals surface area contributed by atoms with E-state index in [1.165, 1.54) is 17.0 Å². The van der Waals surface area contributed by atoms with E-state index in [2.05, 4.69) is 16.7 Å². The molecule has 0 saturated heterocycles. The number of benzene rings is 2. The van der Waals surface area contributed by atoms with Gasteiger partial charge in [0.15, 0.2) is 0 Å². The van der Waals surface area contributed by atoms with Crippen LogP contribution >= 0.6 is 0 Å². The van der Waals surface area contributed by atoms with E-state index in [1.807, 2.05) is 23.1 Å². The van der Waals surface area contributed by atoms with Crippen molar-refractivity contribution in [2.75, 3.05) is 6.54 Å². The highest BCUT2D eigenvalue weighted by Gasteiger charge is 2.29. The van der Waals surface area contributed by atoms with Gasteiger partial charge in [0.25, 0.3) is 0 Å². The average Bonchev–Trinajstić information content (AvgIpc) is 3.06. The summed E-state index contributed by atoms with van der Waals surface area (Å²) in [5, 5.41) is 10.5. The van der Waals surface area contributed by atoms with E-state index in [0.717, 1.165) is 23.2 Å². The first-order valence-electron chi connectivity index (χ1n) is 11.1. The molecule has 1 amide bonds. The smallest absolute Gasteiger partial charge is 0.309 e. The van der Waals surface area contributed by atoms with Crippen molar-refractivity contribution in [3.05, 3.63) is 71.2 Å². The maximum Gasteiger partial charge on any atom is 0.309 e. The van der Waals surface area contributed by atoms with Crippen molar-refractivity contribution in [1.82, 2.24) is 9.47 Å². The van der Waals surface area contributed by atoms with Crippen LogP contribution in [0.3, 0.4) is 0 Å². The zero-order valence-corrected chi connectivity index (χ0v) is 18.6. The Hall–Kier alpha value is -3.15. The Morgan fingerprint density at radius 1 is 1.12 bits per heavy atom. The molecule has 2 heterocycles. The molecule has 0 fully saturated rings. The molecule has 32 heavy (non-hydrogen) atoms. The number of aromatic nitrogens is 1. The lowest BCUT2D eigenvalue weighted by Gasteiger charge is -2.29. The topological polar surface area (TPSA) is 62.5 Å². The Labute approximate surface area is 187 Å². The zero-order valence-electron chi connectivity index (χ0n) is 18.6. The van der Waals surface area contributed by atoms with Crippen molar-refractivity contribution < 1.29 is 19.1 Å². The second kappa shape index (κ2) is 8.77. The first-order valence-corrected chi connectivity index (χ1v) is 11.1. The summed E-state index contributed by atoms with van der Waals surface area (Å²) < 4.78 is 16.0. The Balaban J connectivity index is 1.55. The molecule has 2 aromatic carbocycles. The molecule has 0 unspecified atom stereocenters. The zero-order chi connectivity index (χ0) is 22.9. The maximum absolute atomic E-state index is 13.8. The SMILES string of the molecule is CC(C)(CCCC(=O)N1CCc2c(n(Cc3cccc(F)c3)c3ccccc23)C1)C(=O)O. The Bertz CT molecular complexity index is 1170. The second-order valence-corrected chi connectivity index (χ2v) is 9.27. The van der Waals surface area contributed by atoms with Crippen LogP contribution in [0.4, 0.5) is 4.39 Å². The average molecular weight is 437 g/mol. The van der Waals surface area contributed by atoms with Crippen LogP contribution in [-0.4, -0.2) is 33.0 Å². The molecule has 1 aromatic heterocycles. The van der Waals surface area contributed by atoms with E-state index in [9.17, 15) is 19.1 Å². The molecule has 3 aromatic rings. The van der Waals surface area contributed by atoms with Gasteiger partial charge in [0.1, 0.15) is 5.82 Å². The van der Waals surface area contributed by atoms with Crippen LogP contribution in [0.2, 0.25) is 0 Å². The molecular formula is C26H29FN2O3. The van der Waals surface area contributed by atoms with Gasteiger partial charge in [-0.25, -0.2) is 4.39 Å². The van der Waals surface area contributed by atoms with Gasteiger partial charge in [-0.1, -0.05) is 30.3 Å². The Kier molecular flexibility index (Phi) is 6.04. The predicted molar refractivity (Wildman–Crippen MR) is 122 cm³/mol. The van der Waals surface area contributed by atoms with Crippen LogP contribution in [-0.2, 0) is 29.1 Å². The molecule has 0 saturated carbocycles. The highest BCUT2D eigenvalue weighted by Crippen LogP contribution is 2.32. The van der Waals surface area contributed by atoms with Gasteiger partial charge in [-0.05, 0) is 62.4 Å². The molecule has 4 rings (SSSR count). The summed E-state index contributed by atoms with van der Waals surface area (Å²) in [7, 11) is 0. The van der Waals surface area contributed by atoms with Crippen LogP contribution < -0.4 is 0 Å². The van der Waals surface area contributed by atoms with Gasteiger partial charge in [-0.3, -0.25) is 9.59 Å². The molecule has 5 nitrogen and oxygen atoms in total. The van der Waals surface area contributed by atoms with Crippen molar-refractivity contribution in [3.63, 3.8) is 0 Å². The lowest BCUT2D eigenvalue weighted by molar-refractivity contribution is -0.147. The summed E-state index contributed by atoms with van der Waals surface area (Å²) in [5.74, 6) is -1.04. The van der Waals surface area contributed by atoms with Gasteiger partial charge < -0.3 is 14.6 Å². The van der Waals surface area contributed by atoms with E-state index in [1.54, 1.807) is 26.0 Å². The number of fused-ring (bicyclic) bond motifs is 3. The minimum atomic E-state index is -0.838. The van der Waals surface area contributed by atoms with Crippen molar-refractivity contribution in [3.8, 4) is 0 Å². The third kappa shape index (κ3) is 4.40. The summed E-state index contributed by atoms with van der Waals surface area (Å²) in [6.07, 6.45) is 2.13. The Morgan fingerprint density at radius 3 is 2.66 bits per heavy atom. The number of carboxylic acids is 1. The number of carbonyl (C=O) groups is 2. The molecule has 6 heteroatoms. The van der Waals surface area contributed by atoms with Crippen LogP contribution in [0.15, 0.2) is 48.5 Å². The normalized spacial score (nSPS) is 13.9. The number of hydrogen-bond donors (Lipinski definition) is 1. The van der Waals surface area contributed by atoms with E-state index < -0.39 is 11.4 Å². The van der Waals surface area contributed by atoms with Crippen molar-refractivity contribution >= 4 is 22.8 Å². The molecule has 0 spiro atoms. The highest BCUT2D eigenvalue weighted by atomic mass is 19.1. The van der Waals surface area contributed by atoms with Gasteiger partial charge >= 0.3 is 5.97 Å². The standard InChI is InChI=1S/C26H29FN2O3/c1-26(2,25(31)32)13-6-11-24(30)28-14-12-21-20-9-3-4-10-22(20)29(23(21)17-28)16-18-7-5-8-19(27)15-18/h3-5,7-10,15H,6,11-14,16-17H2,1-2H3,(H,31,32). The summed E-state index contributed by atoms with van der Waals surface area (Å²) in [6.45, 7) is 5.10. The number of hydrogen-bond acceptors (Lipinski definition) is 2. The molecule has 0 atom stereocenters. The fourth-order valence-corrected chi connectivity index (χ4v) is 4.55. The lowest BCUT2D eigenvalue weighted by atomic mass is 9.87. The first kappa shape index (κ1) is 22.1. The van der Waals surface area contributed by atoms with Crippen LogP contribution in [0.5, 0.6) is 0 Å². The summed E-state index contributed by atoms with van der Waals surface area (Å²) in [6, 6.07) is 14.8. The minimum Gasteiger partial charge on any atom is -0.481 e. The molecule has 168 valence electrons. The fourth-order valence-electron chi connectivity index (χ4n) is 4.55. The highest BCUT2D eigenvalue weighted by molar-refractivity contribution is 5.86. The fraction of sp³-hybridized carbons (Fsp3) is 0.385. The quantitative estimate of drug-likeness (QED) is 0.567. The van der Waals surface area contributed by atoms with Crippen molar-refractivity contribution in [1.29, 1.82) is 0 Å². The predicted octanol–water partition coefficient (Wildman–Crippen LogP) is 4.99. The number of carboxylic acid groups (broad SMARTS) is 1. The van der Waals surface area contributed by atoms with Gasteiger partial charge in [-0.2, -0.15) is 0 Å². The lowest BCUT2D eigenvalue weighted by Crippen LogP contribution is -2.36. The van der Waals surface area contributed by atoms with Crippen LogP contribution in [0, 0.1) is 11.2 Å². The number of carbonyl (C=O) groups excluding carboxylic acids is 1. The van der Waals surface area contributed by atoms with Gasteiger partial charge in [0.2, 0.25) is 5.91 Å². The molecular weight excluding hydrogens is 407 g/mol. The number of para-hydroxylation sites is 1. The molecule has 1 N–H and O–H groups in total. The largest absolute Gasteiger partial charge is 0.481 e. The summed E-state index contributed by atoms with van der Waals surface area (Å²) in [5.41, 5.74) is 3.51. The van der Waals surface area contributed by atoms with Crippen LogP contribution in [0.25, 0.3) is 10.9 Å². The second-order valence-electron chi connectivity index (χ2n) is 9.27. The molecule has 0 aliphatic carbocycles. The van der Waals surface area contributed by atoms with Gasteiger partial charge in [0.05, 0.1) is 12.0 Å². The van der Waals surface area contributed by atoms with Crippen LogP contribution in [0.1, 0.15) is 49.9 Å². The molecule has 1 aliphatic heterocycles. The summed E-state index contributed by atoms with van der Waals surface area (Å²) >= 11 is 0. The van der Waals surface area contributed by atoms with E-state index in [-0.39, 0.29) is 11.7 Å². The van der Waals surface area contributed by atoms with E-state index >= 15 is 0 Å². The molecule has 0 bridgehead atoms. The monoisotopic (exact) mass is 436 g/mol. The summed E-state index contributed by atoms with van der Waals surface area (Å²) in [4.78, 5) is 26.1. The minimum absolute atomic E-state index is 0.0550. The molecule has 0 radical (unpaired) electrons. The molecule has 1 aliphatic rings. The number of amides is 1. The third-order valence-electron chi connectivity index (χ3n) is 6.52. The maximum atomic E-state index is 13.8. The first-order chi connectivity index (χ1) is 15.3.